The van der Waals surface area contributed by atoms with Crippen molar-refractivity contribution in [2.45, 2.75) is 47.0 Å². The van der Waals surface area contributed by atoms with Crippen LogP contribution in [0.5, 0.6) is 0 Å². The summed E-state index contributed by atoms with van der Waals surface area (Å²) in [5.74, 6) is 0.0780. The number of benzene rings is 1. The predicted octanol–water partition coefficient (Wildman–Crippen LogP) is 4.92. The maximum atomic E-state index is 12.8. The van der Waals surface area contributed by atoms with Crippen LogP contribution in [0.4, 0.5) is 5.00 Å². The molecule has 1 amide bonds. The van der Waals surface area contributed by atoms with Crippen LogP contribution in [-0.4, -0.2) is 18.5 Å². The minimum Gasteiger partial charge on any atom is -0.462 e. The number of thiophene rings is 1. The number of anilines is 1. The van der Waals surface area contributed by atoms with Gasteiger partial charge in [-0.2, -0.15) is 0 Å². The maximum Gasteiger partial charge on any atom is 0.341 e. The number of hydrogen-bond acceptors (Lipinski definition) is 4. The van der Waals surface area contributed by atoms with Crippen LogP contribution in [0.15, 0.2) is 18.2 Å². The molecule has 3 rings (SSSR count). The molecule has 1 aromatic heterocycles. The predicted molar refractivity (Wildman–Crippen MR) is 105 cm³/mol. The number of fused-ring (bicyclic) bond motifs is 1. The number of esters is 1. The van der Waals surface area contributed by atoms with Crippen molar-refractivity contribution in [3.63, 3.8) is 0 Å². The molecule has 1 aliphatic carbocycles. The highest BCUT2D eigenvalue weighted by atomic mass is 32.1. The molecule has 1 aromatic carbocycles. The standard InChI is InChI=1S/C21H25NO3S/c1-5-25-21(24)18-16-9-7-13(3)11-17(16)26-20(18)22-19(23)15-8-6-12(2)10-14(15)4/h6,8,10,13H,5,7,9,11H2,1-4H3,(H,22,23). The molecule has 5 heteroatoms. The van der Waals surface area contributed by atoms with E-state index in [-0.39, 0.29) is 11.9 Å². The minimum atomic E-state index is -0.338. The first-order valence-electron chi connectivity index (χ1n) is 9.11. The summed E-state index contributed by atoms with van der Waals surface area (Å²) in [6.07, 6.45) is 2.87. The highest BCUT2D eigenvalue weighted by Crippen LogP contribution is 2.40. The van der Waals surface area contributed by atoms with Gasteiger partial charge in [0.25, 0.3) is 5.91 Å². The normalized spacial score (nSPS) is 16.1. The smallest absolute Gasteiger partial charge is 0.341 e. The first kappa shape index (κ1) is 18.6. The van der Waals surface area contributed by atoms with Gasteiger partial charge in [-0.3, -0.25) is 4.79 Å². The highest BCUT2D eigenvalue weighted by molar-refractivity contribution is 7.17. The topological polar surface area (TPSA) is 55.4 Å². The second-order valence-electron chi connectivity index (χ2n) is 7.05. The summed E-state index contributed by atoms with van der Waals surface area (Å²) in [5.41, 5.74) is 4.28. The minimum absolute atomic E-state index is 0.181. The van der Waals surface area contributed by atoms with Crippen molar-refractivity contribution in [2.24, 2.45) is 5.92 Å². The summed E-state index contributed by atoms with van der Waals surface area (Å²) >= 11 is 1.52. The molecule has 0 aliphatic heterocycles. The molecule has 26 heavy (non-hydrogen) atoms. The largest absolute Gasteiger partial charge is 0.462 e. The molecule has 4 nitrogen and oxygen atoms in total. The monoisotopic (exact) mass is 371 g/mol. The summed E-state index contributed by atoms with van der Waals surface area (Å²) in [7, 11) is 0. The van der Waals surface area contributed by atoms with Gasteiger partial charge in [-0.15, -0.1) is 11.3 Å². The molecule has 0 bridgehead atoms. The van der Waals surface area contributed by atoms with Gasteiger partial charge < -0.3 is 10.1 Å². The van der Waals surface area contributed by atoms with Crippen LogP contribution < -0.4 is 5.32 Å². The zero-order chi connectivity index (χ0) is 18.8. The van der Waals surface area contributed by atoms with Gasteiger partial charge in [0.05, 0.1) is 12.2 Å². The Morgan fingerprint density at radius 2 is 2.08 bits per heavy atom. The zero-order valence-electron chi connectivity index (χ0n) is 15.8. The van der Waals surface area contributed by atoms with E-state index in [9.17, 15) is 9.59 Å². The van der Waals surface area contributed by atoms with E-state index in [1.807, 2.05) is 32.0 Å². The highest BCUT2D eigenvalue weighted by Gasteiger charge is 2.29. The fraction of sp³-hybridized carbons (Fsp3) is 0.429. The molecule has 1 aliphatic rings. The maximum absolute atomic E-state index is 12.8. The third-order valence-electron chi connectivity index (χ3n) is 4.84. The molecule has 0 radical (unpaired) electrons. The number of nitrogens with one attached hydrogen (secondary N) is 1. The third-order valence-corrected chi connectivity index (χ3v) is 6.01. The number of hydrogen-bond donors (Lipinski definition) is 1. The van der Waals surface area contributed by atoms with Gasteiger partial charge in [0, 0.05) is 10.4 Å². The average molecular weight is 372 g/mol. The van der Waals surface area contributed by atoms with Gasteiger partial charge >= 0.3 is 5.97 Å². The third kappa shape index (κ3) is 3.68. The van der Waals surface area contributed by atoms with Gasteiger partial charge in [0.15, 0.2) is 0 Å². The Labute approximate surface area is 158 Å². The Morgan fingerprint density at radius 1 is 1.31 bits per heavy atom. The van der Waals surface area contributed by atoms with Crippen molar-refractivity contribution in [1.29, 1.82) is 0 Å². The molecule has 0 saturated heterocycles. The second kappa shape index (κ2) is 7.62. The summed E-state index contributed by atoms with van der Waals surface area (Å²) in [4.78, 5) is 26.5. The Kier molecular flexibility index (Phi) is 5.47. The Balaban J connectivity index is 1.96. The quantitative estimate of drug-likeness (QED) is 0.776. The second-order valence-corrected chi connectivity index (χ2v) is 8.15. The Bertz CT molecular complexity index is 853. The molecule has 2 aromatic rings. The van der Waals surface area contributed by atoms with Crippen LogP contribution in [0, 0.1) is 19.8 Å². The molecule has 138 valence electrons. The van der Waals surface area contributed by atoms with E-state index < -0.39 is 0 Å². The van der Waals surface area contributed by atoms with E-state index >= 15 is 0 Å². The number of ether oxygens (including phenoxy) is 1. The molecule has 0 saturated carbocycles. The lowest BCUT2D eigenvalue weighted by atomic mass is 9.88. The zero-order valence-corrected chi connectivity index (χ0v) is 16.6. The molecule has 1 atom stereocenters. The summed E-state index contributed by atoms with van der Waals surface area (Å²) in [6, 6.07) is 5.75. The number of amides is 1. The van der Waals surface area contributed by atoms with Gasteiger partial charge in [0.2, 0.25) is 0 Å². The van der Waals surface area contributed by atoms with Crippen LogP contribution >= 0.6 is 11.3 Å². The van der Waals surface area contributed by atoms with E-state index in [0.717, 1.165) is 36.0 Å². The average Bonchev–Trinajstić information content (AvgIpc) is 2.91. The first-order valence-corrected chi connectivity index (χ1v) is 9.92. The molecule has 0 spiro atoms. The number of aryl methyl sites for hydroxylation is 2. The van der Waals surface area contributed by atoms with Crippen molar-refractivity contribution < 1.29 is 14.3 Å². The van der Waals surface area contributed by atoms with Gasteiger partial charge in [-0.25, -0.2) is 4.79 Å². The van der Waals surface area contributed by atoms with Crippen LogP contribution in [-0.2, 0) is 17.6 Å². The Hall–Kier alpha value is -2.14. The van der Waals surface area contributed by atoms with E-state index in [0.29, 0.717) is 28.7 Å². The first-order chi connectivity index (χ1) is 12.4. The van der Waals surface area contributed by atoms with Gasteiger partial charge in [0.1, 0.15) is 5.00 Å². The number of carbonyl (C=O) groups is 2. The fourth-order valence-corrected chi connectivity index (χ4v) is 4.89. The lowest BCUT2D eigenvalue weighted by Gasteiger charge is -2.18. The van der Waals surface area contributed by atoms with Crippen LogP contribution in [0.1, 0.15) is 62.6 Å². The van der Waals surface area contributed by atoms with Crippen LogP contribution in [0.2, 0.25) is 0 Å². The van der Waals surface area contributed by atoms with Gasteiger partial charge in [-0.1, -0.05) is 24.6 Å². The number of rotatable bonds is 4. The van der Waals surface area contributed by atoms with Crippen molar-refractivity contribution >= 4 is 28.2 Å². The van der Waals surface area contributed by atoms with Crippen molar-refractivity contribution in [3.05, 3.63) is 50.9 Å². The fourth-order valence-electron chi connectivity index (χ4n) is 3.50. The van der Waals surface area contributed by atoms with E-state index in [4.69, 9.17) is 4.74 Å². The van der Waals surface area contributed by atoms with E-state index in [1.165, 1.54) is 16.2 Å². The summed E-state index contributed by atoms with van der Waals surface area (Å²) in [6.45, 7) is 8.27. The molecule has 1 unspecified atom stereocenters. The van der Waals surface area contributed by atoms with Crippen molar-refractivity contribution in [1.82, 2.24) is 0 Å². The molecule has 0 fully saturated rings. The van der Waals surface area contributed by atoms with Crippen LogP contribution in [0.25, 0.3) is 0 Å². The molecule has 1 N–H and O–H groups in total. The van der Waals surface area contributed by atoms with Crippen molar-refractivity contribution in [3.8, 4) is 0 Å². The van der Waals surface area contributed by atoms with Gasteiger partial charge in [-0.05, 0) is 63.1 Å². The summed E-state index contributed by atoms with van der Waals surface area (Å²) in [5, 5.41) is 3.60. The SMILES string of the molecule is CCOC(=O)c1c(NC(=O)c2ccc(C)cc2C)sc2c1CCC(C)C2. The van der Waals surface area contributed by atoms with Crippen LogP contribution in [0.3, 0.4) is 0 Å². The lowest BCUT2D eigenvalue weighted by Crippen LogP contribution is -2.17. The molecular weight excluding hydrogens is 346 g/mol. The Morgan fingerprint density at radius 3 is 2.77 bits per heavy atom. The molecular formula is C21H25NO3S. The molecule has 1 heterocycles. The number of carbonyl (C=O) groups excluding carboxylic acids is 2. The van der Waals surface area contributed by atoms with E-state index in [2.05, 4.69) is 12.2 Å². The lowest BCUT2D eigenvalue weighted by molar-refractivity contribution is 0.0526. The van der Waals surface area contributed by atoms with E-state index in [1.54, 1.807) is 6.92 Å². The summed E-state index contributed by atoms with van der Waals surface area (Å²) < 4.78 is 5.26. The van der Waals surface area contributed by atoms with Crippen molar-refractivity contribution in [2.75, 3.05) is 11.9 Å².